The largest absolute Gasteiger partial charge is 0.383 e. The Balaban J connectivity index is 2.05. The van der Waals surface area contributed by atoms with Gasteiger partial charge in [-0.25, -0.2) is 9.78 Å². The van der Waals surface area contributed by atoms with Crippen molar-refractivity contribution in [3.63, 3.8) is 0 Å². The number of nitrogens with zero attached hydrogens (tertiary/aromatic N) is 3. The van der Waals surface area contributed by atoms with Crippen LogP contribution in [0, 0.1) is 6.92 Å². The lowest BCUT2D eigenvalue weighted by molar-refractivity contribution is -0.118. The van der Waals surface area contributed by atoms with Crippen LogP contribution in [0.3, 0.4) is 0 Å². The summed E-state index contributed by atoms with van der Waals surface area (Å²) < 4.78 is 1.24. The van der Waals surface area contributed by atoms with Gasteiger partial charge < -0.3 is 10.6 Å². The summed E-state index contributed by atoms with van der Waals surface area (Å²) in [6.45, 7) is 4.09. The monoisotopic (exact) mass is 489 g/mol. The van der Waals surface area contributed by atoms with Crippen LogP contribution in [-0.2, 0) is 17.8 Å². The number of carbonyl (C=O) groups is 1. The zero-order chi connectivity index (χ0) is 24.1. The zero-order valence-corrected chi connectivity index (χ0v) is 19.9. The summed E-state index contributed by atoms with van der Waals surface area (Å²) in [4.78, 5) is 46.4. The Bertz CT molecular complexity index is 1250. The normalized spacial score (nSPS) is 10.9. The molecule has 174 valence electrons. The molecule has 0 aliphatic rings. The van der Waals surface area contributed by atoms with Gasteiger partial charge in [0.15, 0.2) is 5.69 Å². The lowest BCUT2D eigenvalue weighted by Gasteiger charge is -2.25. The summed E-state index contributed by atoms with van der Waals surface area (Å²) in [7, 11) is 0. The Morgan fingerprint density at radius 2 is 1.91 bits per heavy atom. The summed E-state index contributed by atoms with van der Waals surface area (Å²) >= 11 is 12.5. The number of anilines is 2. The Morgan fingerprint density at radius 1 is 1.21 bits per heavy atom. The number of hydrogen-bond donors (Lipinski definition) is 2. The molecule has 10 heteroatoms. The number of aromatic nitrogens is 3. The number of carbonyl (C=O) groups excluding carboxylic acids is 1. The standard InChI is InChI=1S/C23H25Cl2N5O3/c1-3-4-10-29(18(31)12-16-17(24)11-14(2)27-20(16)25)19-21(26)30(23(33)28-22(19)32)13-15-8-6-5-7-9-15/h5-9,11H,3-4,10,12-13,26H2,1-2H3,(H,28,32,33). The Labute approximate surface area is 201 Å². The summed E-state index contributed by atoms with van der Waals surface area (Å²) in [6.07, 6.45) is 1.22. The number of pyridine rings is 1. The van der Waals surface area contributed by atoms with E-state index in [0.717, 1.165) is 12.0 Å². The second kappa shape index (κ2) is 10.7. The first-order valence-corrected chi connectivity index (χ1v) is 11.3. The molecule has 2 aromatic heterocycles. The maximum absolute atomic E-state index is 13.4. The average molecular weight is 490 g/mol. The van der Waals surface area contributed by atoms with Crippen LogP contribution >= 0.6 is 23.2 Å². The lowest BCUT2D eigenvalue weighted by atomic mass is 10.1. The van der Waals surface area contributed by atoms with Crippen LogP contribution in [0.2, 0.25) is 10.2 Å². The van der Waals surface area contributed by atoms with Gasteiger partial charge in [0.2, 0.25) is 5.91 Å². The van der Waals surface area contributed by atoms with Gasteiger partial charge in [-0.15, -0.1) is 0 Å². The number of amides is 1. The second-order valence-electron chi connectivity index (χ2n) is 7.66. The number of hydrogen-bond acceptors (Lipinski definition) is 5. The van der Waals surface area contributed by atoms with E-state index in [1.165, 1.54) is 9.47 Å². The minimum atomic E-state index is -0.731. The predicted molar refractivity (Wildman–Crippen MR) is 131 cm³/mol. The number of aryl methyl sites for hydroxylation is 1. The highest BCUT2D eigenvalue weighted by atomic mass is 35.5. The minimum Gasteiger partial charge on any atom is -0.383 e. The molecule has 0 spiro atoms. The minimum absolute atomic E-state index is 0.0729. The number of nitrogens with two attached hydrogens (primary N) is 1. The van der Waals surface area contributed by atoms with Crippen LogP contribution < -0.4 is 21.9 Å². The van der Waals surface area contributed by atoms with E-state index in [2.05, 4.69) is 9.97 Å². The van der Waals surface area contributed by atoms with E-state index in [4.69, 9.17) is 28.9 Å². The molecule has 2 heterocycles. The van der Waals surface area contributed by atoms with E-state index in [0.29, 0.717) is 22.7 Å². The van der Waals surface area contributed by atoms with E-state index in [9.17, 15) is 14.4 Å². The number of nitrogens with one attached hydrogen (secondary N) is 1. The van der Waals surface area contributed by atoms with E-state index >= 15 is 0 Å². The van der Waals surface area contributed by atoms with Gasteiger partial charge in [-0.3, -0.25) is 19.1 Å². The molecule has 0 aliphatic carbocycles. The predicted octanol–water partition coefficient (Wildman–Crippen LogP) is 3.55. The van der Waals surface area contributed by atoms with Crippen molar-refractivity contribution in [3.05, 3.63) is 84.2 Å². The van der Waals surface area contributed by atoms with Crippen molar-refractivity contribution in [1.29, 1.82) is 0 Å². The molecule has 3 rings (SSSR count). The fraction of sp³-hybridized carbons (Fsp3) is 0.304. The third kappa shape index (κ3) is 5.64. The molecule has 3 N–H and O–H groups in total. The number of H-pyrrole nitrogens is 1. The number of benzene rings is 1. The van der Waals surface area contributed by atoms with Crippen molar-refractivity contribution in [1.82, 2.24) is 14.5 Å². The molecule has 0 unspecified atom stereocenters. The third-order valence-electron chi connectivity index (χ3n) is 5.18. The fourth-order valence-corrected chi connectivity index (χ4v) is 4.13. The lowest BCUT2D eigenvalue weighted by Crippen LogP contribution is -2.42. The number of aromatic amines is 1. The number of nitrogen functional groups attached to an aromatic ring is 1. The Hall–Kier alpha value is -3.10. The van der Waals surface area contributed by atoms with Crippen LogP contribution in [0.5, 0.6) is 0 Å². The van der Waals surface area contributed by atoms with Gasteiger partial charge in [0.1, 0.15) is 11.0 Å². The smallest absolute Gasteiger partial charge is 0.330 e. The molecule has 0 fully saturated rings. The Kier molecular flexibility index (Phi) is 7.94. The first-order valence-electron chi connectivity index (χ1n) is 10.5. The third-order valence-corrected chi connectivity index (χ3v) is 5.83. The maximum Gasteiger partial charge on any atom is 0.330 e. The molecular weight excluding hydrogens is 465 g/mol. The molecule has 8 nitrogen and oxygen atoms in total. The van der Waals surface area contributed by atoms with Crippen LogP contribution in [0.4, 0.5) is 11.5 Å². The molecule has 0 saturated heterocycles. The van der Waals surface area contributed by atoms with Gasteiger partial charge in [0.25, 0.3) is 5.56 Å². The van der Waals surface area contributed by atoms with E-state index in [-0.39, 0.29) is 36.2 Å². The van der Waals surface area contributed by atoms with Crippen LogP contribution in [-0.4, -0.2) is 27.0 Å². The molecular formula is C23H25Cl2N5O3. The first kappa shape index (κ1) is 24.5. The van der Waals surface area contributed by atoms with Crippen molar-refractivity contribution >= 4 is 40.6 Å². The summed E-state index contributed by atoms with van der Waals surface area (Å²) in [6, 6.07) is 10.8. The van der Waals surface area contributed by atoms with Gasteiger partial charge in [0.05, 0.1) is 13.0 Å². The van der Waals surface area contributed by atoms with Gasteiger partial charge >= 0.3 is 5.69 Å². The number of unbranched alkanes of at least 4 members (excludes halogenated alkanes) is 1. The molecule has 0 atom stereocenters. The molecule has 1 amide bonds. The molecule has 0 bridgehead atoms. The van der Waals surface area contributed by atoms with Crippen molar-refractivity contribution in [3.8, 4) is 0 Å². The van der Waals surface area contributed by atoms with Crippen molar-refractivity contribution in [2.75, 3.05) is 17.2 Å². The molecule has 0 saturated carbocycles. The fourth-order valence-electron chi connectivity index (χ4n) is 3.47. The highest BCUT2D eigenvalue weighted by Gasteiger charge is 2.25. The van der Waals surface area contributed by atoms with E-state index in [1.54, 1.807) is 13.0 Å². The van der Waals surface area contributed by atoms with E-state index in [1.807, 2.05) is 37.3 Å². The number of halogens is 2. The van der Waals surface area contributed by atoms with Crippen molar-refractivity contribution < 1.29 is 4.79 Å². The molecule has 3 aromatic rings. The van der Waals surface area contributed by atoms with Crippen molar-refractivity contribution in [2.24, 2.45) is 0 Å². The first-order chi connectivity index (χ1) is 15.7. The van der Waals surface area contributed by atoms with Crippen LogP contribution in [0.15, 0.2) is 46.0 Å². The number of rotatable bonds is 8. The average Bonchev–Trinajstić information content (AvgIpc) is 2.76. The van der Waals surface area contributed by atoms with Crippen LogP contribution in [0.25, 0.3) is 0 Å². The zero-order valence-electron chi connectivity index (χ0n) is 18.4. The SMILES string of the molecule is CCCCN(C(=O)Cc1c(Cl)cc(C)nc1Cl)c1c(N)n(Cc2ccccc2)c(=O)[nH]c1=O. The molecule has 0 radical (unpaired) electrons. The summed E-state index contributed by atoms with van der Waals surface area (Å²) in [5.41, 5.74) is 6.65. The quantitative estimate of drug-likeness (QED) is 0.469. The summed E-state index contributed by atoms with van der Waals surface area (Å²) in [5.74, 6) is -0.517. The maximum atomic E-state index is 13.4. The van der Waals surface area contributed by atoms with Gasteiger partial charge in [-0.1, -0.05) is 66.9 Å². The molecule has 1 aromatic carbocycles. The topological polar surface area (TPSA) is 114 Å². The van der Waals surface area contributed by atoms with E-state index < -0.39 is 17.2 Å². The highest BCUT2D eigenvalue weighted by Crippen LogP contribution is 2.26. The van der Waals surface area contributed by atoms with Gasteiger partial charge in [-0.2, -0.15) is 0 Å². The molecule has 0 aliphatic heterocycles. The van der Waals surface area contributed by atoms with Crippen LogP contribution in [0.1, 0.15) is 36.6 Å². The second-order valence-corrected chi connectivity index (χ2v) is 8.42. The molecule has 33 heavy (non-hydrogen) atoms. The van der Waals surface area contributed by atoms with Gasteiger partial charge in [0, 0.05) is 22.8 Å². The summed E-state index contributed by atoms with van der Waals surface area (Å²) in [5, 5.41) is 0.437. The Morgan fingerprint density at radius 3 is 2.55 bits per heavy atom. The van der Waals surface area contributed by atoms with Crippen molar-refractivity contribution in [2.45, 2.75) is 39.7 Å². The highest BCUT2D eigenvalue weighted by molar-refractivity contribution is 6.35. The van der Waals surface area contributed by atoms with Gasteiger partial charge in [-0.05, 0) is 25.0 Å².